The van der Waals surface area contributed by atoms with Gasteiger partial charge < -0.3 is 4.42 Å². The monoisotopic (exact) mass is 224 g/mol. The second kappa shape index (κ2) is 3.55. The predicted octanol–water partition coefficient (Wildman–Crippen LogP) is 2.21. The first-order valence-electron chi connectivity index (χ1n) is 4.38. The van der Waals surface area contributed by atoms with E-state index in [1.165, 1.54) is 10.9 Å². The number of nitrogens with zero attached hydrogens (tertiary/aromatic N) is 2. The van der Waals surface area contributed by atoms with Crippen LogP contribution in [0.3, 0.4) is 0 Å². The van der Waals surface area contributed by atoms with Crippen LogP contribution in [0.1, 0.15) is 22.0 Å². The molecular weight excluding hydrogens is 216 g/mol. The van der Waals surface area contributed by atoms with Crippen LogP contribution in [0.5, 0.6) is 0 Å². The van der Waals surface area contributed by atoms with Crippen molar-refractivity contribution in [2.45, 2.75) is 6.92 Å². The van der Waals surface area contributed by atoms with Crippen molar-refractivity contribution in [3.8, 4) is 0 Å². The minimum atomic E-state index is -0.256. The van der Waals surface area contributed by atoms with Crippen molar-refractivity contribution in [1.29, 1.82) is 0 Å². The Kier molecular flexibility index (Phi) is 2.36. The van der Waals surface area contributed by atoms with Crippen LogP contribution in [0.25, 0.3) is 0 Å². The Balaban J connectivity index is 2.45. The van der Waals surface area contributed by atoms with E-state index in [0.29, 0.717) is 16.5 Å². The average molecular weight is 225 g/mol. The maximum atomic E-state index is 11.9. The summed E-state index contributed by atoms with van der Waals surface area (Å²) in [6, 6.07) is 3.36. The van der Waals surface area contributed by atoms with Gasteiger partial charge in [-0.15, -0.1) is 0 Å². The first kappa shape index (κ1) is 9.98. The van der Waals surface area contributed by atoms with Gasteiger partial charge >= 0.3 is 0 Å². The van der Waals surface area contributed by atoms with Crippen LogP contribution >= 0.6 is 11.6 Å². The highest BCUT2D eigenvalue weighted by molar-refractivity contribution is 6.34. The van der Waals surface area contributed by atoms with Crippen molar-refractivity contribution in [1.82, 2.24) is 9.78 Å². The van der Waals surface area contributed by atoms with Crippen LogP contribution in [0.15, 0.2) is 22.7 Å². The van der Waals surface area contributed by atoms with Gasteiger partial charge in [-0.1, -0.05) is 11.6 Å². The van der Waals surface area contributed by atoms with E-state index in [1.807, 2.05) is 0 Å². The summed E-state index contributed by atoms with van der Waals surface area (Å²) in [5.74, 6) is 0.711. The van der Waals surface area contributed by atoms with Crippen LogP contribution < -0.4 is 0 Å². The zero-order valence-corrected chi connectivity index (χ0v) is 9.08. The standard InChI is InChI=1S/C10H9ClN2O2/c1-6-3-4-8(15-6)10(14)9-7(11)5-12-13(9)2/h3-5H,1-2H3. The van der Waals surface area contributed by atoms with Gasteiger partial charge in [0.1, 0.15) is 11.5 Å². The van der Waals surface area contributed by atoms with E-state index in [4.69, 9.17) is 16.0 Å². The largest absolute Gasteiger partial charge is 0.458 e. The molecule has 4 nitrogen and oxygen atoms in total. The molecule has 0 aliphatic heterocycles. The summed E-state index contributed by atoms with van der Waals surface area (Å²) in [6.45, 7) is 1.78. The molecule has 2 rings (SSSR count). The minimum absolute atomic E-state index is 0.256. The highest BCUT2D eigenvalue weighted by Crippen LogP contribution is 2.19. The molecule has 0 unspecified atom stereocenters. The number of aromatic nitrogens is 2. The molecule has 0 aliphatic carbocycles. The summed E-state index contributed by atoms with van der Waals surface area (Å²) in [6.07, 6.45) is 1.44. The Hall–Kier alpha value is -1.55. The Bertz CT molecular complexity index is 494. The van der Waals surface area contributed by atoms with Gasteiger partial charge in [0.25, 0.3) is 0 Å². The number of aryl methyl sites for hydroxylation is 2. The normalized spacial score (nSPS) is 10.6. The van der Waals surface area contributed by atoms with E-state index >= 15 is 0 Å². The van der Waals surface area contributed by atoms with E-state index in [2.05, 4.69) is 5.10 Å². The van der Waals surface area contributed by atoms with Crippen LogP contribution in [-0.4, -0.2) is 15.6 Å². The fraction of sp³-hybridized carbons (Fsp3) is 0.200. The molecular formula is C10H9ClN2O2. The molecule has 0 aromatic carbocycles. The third-order valence-electron chi connectivity index (χ3n) is 2.07. The number of hydrogen-bond donors (Lipinski definition) is 0. The lowest BCUT2D eigenvalue weighted by Gasteiger charge is -1.98. The Morgan fingerprint density at radius 3 is 2.73 bits per heavy atom. The second-order valence-electron chi connectivity index (χ2n) is 3.20. The van der Waals surface area contributed by atoms with Crippen molar-refractivity contribution in [3.05, 3.63) is 40.6 Å². The molecule has 15 heavy (non-hydrogen) atoms. The number of rotatable bonds is 2. The quantitative estimate of drug-likeness (QED) is 0.735. The minimum Gasteiger partial charge on any atom is -0.458 e. The molecule has 5 heteroatoms. The van der Waals surface area contributed by atoms with Gasteiger partial charge in [-0.3, -0.25) is 9.48 Å². The van der Waals surface area contributed by atoms with Gasteiger partial charge in [-0.25, -0.2) is 0 Å². The predicted molar refractivity (Wildman–Crippen MR) is 55.1 cm³/mol. The zero-order valence-electron chi connectivity index (χ0n) is 8.32. The molecule has 2 heterocycles. The van der Waals surface area contributed by atoms with Crippen molar-refractivity contribution in [2.75, 3.05) is 0 Å². The molecule has 0 saturated carbocycles. The number of hydrogen-bond acceptors (Lipinski definition) is 3. The zero-order chi connectivity index (χ0) is 11.0. The van der Waals surface area contributed by atoms with Crippen molar-refractivity contribution >= 4 is 17.4 Å². The van der Waals surface area contributed by atoms with Gasteiger partial charge in [0, 0.05) is 7.05 Å². The summed E-state index contributed by atoms with van der Waals surface area (Å²) < 4.78 is 6.66. The summed E-state index contributed by atoms with van der Waals surface area (Å²) in [5, 5.41) is 4.22. The molecule has 0 spiro atoms. The van der Waals surface area contributed by atoms with E-state index in [1.54, 1.807) is 26.1 Å². The molecule has 78 valence electrons. The molecule has 0 radical (unpaired) electrons. The molecule has 0 fully saturated rings. The fourth-order valence-corrected chi connectivity index (χ4v) is 1.59. The van der Waals surface area contributed by atoms with E-state index in [-0.39, 0.29) is 11.5 Å². The van der Waals surface area contributed by atoms with Gasteiger partial charge in [-0.2, -0.15) is 5.10 Å². The third kappa shape index (κ3) is 1.68. The number of halogens is 1. The van der Waals surface area contributed by atoms with Crippen LogP contribution in [0.4, 0.5) is 0 Å². The molecule has 0 aliphatic rings. The molecule has 2 aromatic rings. The maximum absolute atomic E-state index is 11.9. The molecule has 0 N–H and O–H groups in total. The molecule has 0 atom stereocenters. The van der Waals surface area contributed by atoms with Gasteiger partial charge in [0.15, 0.2) is 5.76 Å². The second-order valence-corrected chi connectivity index (χ2v) is 3.61. The smallest absolute Gasteiger partial charge is 0.247 e. The average Bonchev–Trinajstić information content (AvgIpc) is 2.73. The Labute approximate surface area is 91.4 Å². The summed E-state index contributed by atoms with van der Waals surface area (Å²) in [7, 11) is 1.66. The highest BCUT2D eigenvalue weighted by Gasteiger charge is 2.20. The van der Waals surface area contributed by atoms with Crippen molar-refractivity contribution in [2.24, 2.45) is 7.05 Å². The Morgan fingerprint density at radius 1 is 1.53 bits per heavy atom. The maximum Gasteiger partial charge on any atom is 0.247 e. The first-order chi connectivity index (χ1) is 7.09. The summed E-state index contributed by atoms with van der Waals surface area (Å²) in [4.78, 5) is 11.9. The number of carbonyl (C=O) groups is 1. The topological polar surface area (TPSA) is 48.0 Å². The van der Waals surface area contributed by atoms with Gasteiger partial charge in [0.05, 0.1) is 11.2 Å². The highest BCUT2D eigenvalue weighted by atomic mass is 35.5. The van der Waals surface area contributed by atoms with Crippen molar-refractivity contribution in [3.63, 3.8) is 0 Å². The van der Waals surface area contributed by atoms with Crippen molar-refractivity contribution < 1.29 is 9.21 Å². The molecule has 0 bridgehead atoms. The van der Waals surface area contributed by atoms with E-state index < -0.39 is 0 Å². The van der Waals surface area contributed by atoms with E-state index in [9.17, 15) is 4.79 Å². The molecule has 0 amide bonds. The fourth-order valence-electron chi connectivity index (χ4n) is 1.34. The number of ketones is 1. The van der Waals surface area contributed by atoms with Crippen LogP contribution in [0.2, 0.25) is 5.02 Å². The molecule has 0 saturated heterocycles. The first-order valence-corrected chi connectivity index (χ1v) is 4.76. The lowest BCUT2D eigenvalue weighted by Crippen LogP contribution is -2.07. The number of carbonyl (C=O) groups excluding carboxylic acids is 1. The number of furan rings is 1. The lowest BCUT2D eigenvalue weighted by molar-refractivity contribution is 0.0999. The lowest BCUT2D eigenvalue weighted by atomic mass is 10.2. The van der Waals surface area contributed by atoms with E-state index in [0.717, 1.165) is 0 Å². The third-order valence-corrected chi connectivity index (χ3v) is 2.35. The van der Waals surface area contributed by atoms with Gasteiger partial charge in [-0.05, 0) is 19.1 Å². The summed E-state index contributed by atoms with van der Waals surface area (Å²) >= 11 is 5.85. The molecule has 2 aromatic heterocycles. The van der Waals surface area contributed by atoms with Gasteiger partial charge in [0.2, 0.25) is 5.78 Å². The SMILES string of the molecule is Cc1ccc(C(=O)c2c(Cl)cnn2C)o1. The van der Waals surface area contributed by atoms with Crippen LogP contribution in [-0.2, 0) is 7.05 Å². The van der Waals surface area contributed by atoms with Crippen LogP contribution in [0, 0.1) is 6.92 Å². The Morgan fingerprint density at radius 2 is 2.27 bits per heavy atom. The summed E-state index contributed by atoms with van der Waals surface area (Å²) in [5.41, 5.74) is 0.339.